The van der Waals surface area contributed by atoms with Crippen LogP contribution in [0.15, 0.2) is 24.3 Å². The number of hydrogen-bond acceptors (Lipinski definition) is 2. The van der Waals surface area contributed by atoms with Crippen molar-refractivity contribution in [2.24, 2.45) is 0 Å². The van der Waals surface area contributed by atoms with Crippen LogP contribution in [0.1, 0.15) is 18.1 Å². The highest BCUT2D eigenvalue weighted by Gasteiger charge is 2.30. The molecule has 1 aromatic carbocycles. The lowest BCUT2D eigenvalue weighted by Crippen LogP contribution is -2.30. The van der Waals surface area contributed by atoms with Crippen molar-refractivity contribution in [3.8, 4) is 0 Å². The molecule has 1 aromatic rings. The normalized spacial score (nSPS) is 19.2. The van der Waals surface area contributed by atoms with Crippen LogP contribution in [0.3, 0.4) is 0 Å². The second kappa shape index (κ2) is 5.51. The first-order chi connectivity index (χ1) is 10.1. The van der Waals surface area contributed by atoms with Gasteiger partial charge in [-0.1, -0.05) is 0 Å². The van der Waals surface area contributed by atoms with Crippen LogP contribution in [0.4, 0.5) is 0 Å². The van der Waals surface area contributed by atoms with Gasteiger partial charge in [0.1, 0.15) is 26.2 Å². The van der Waals surface area contributed by atoms with Gasteiger partial charge in [0, 0.05) is 0 Å². The molecule has 0 atom stereocenters. The Kier molecular flexibility index (Phi) is 3.70. The van der Waals surface area contributed by atoms with Crippen LogP contribution in [0.25, 0.3) is 0 Å². The molecule has 0 fully saturated rings. The molecule has 2 aliphatic rings. The van der Waals surface area contributed by atoms with E-state index >= 15 is 0 Å². The summed E-state index contributed by atoms with van der Waals surface area (Å²) in [4.78, 5) is 4.79. The maximum Gasteiger partial charge on any atom is 0.279 e. The van der Waals surface area contributed by atoms with Crippen molar-refractivity contribution in [3.63, 3.8) is 0 Å². The summed E-state index contributed by atoms with van der Waals surface area (Å²) >= 11 is 0. The zero-order valence-corrected chi connectivity index (χ0v) is 13.6. The Hall–Kier alpha value is -1.84. The van der Waals surface area contributed by atoms with Crippen LogP contribution >= 0.6 is 0 Å². The quantitative estimate of drug-likeness (QED) is 0.760. The molecule has 112 valence electrons. The van der Waals surface area contributed by atoms with Crippen molar-refractivity contribution in [1.82, 2.24) is 9.80 Å². The topological polar surface area (TPSA) is 12.5 Å². The number of rotatable bonds is 3. The van der Waals surface area contributed by atoms with Gasteiger partial charge in [0.25, 0.3) is 11.7 Å². The summed E-state index contributed by atoms with van der Waals surface area (Å²) < 4.78 is 4.70. The molecular weight excluding hydrogens is 260 g/mol. The van der Waals surface area contributed by atoms with Gasteiger partial charge in [0.15, 0.2) is 0 Å². The fourth-order valence-electron chi connectivity index (χ4n) is 3.45. The van der Waals surface area contributed by atoms with Crippen LogP contribution in [-0.2, 0) is 0 Å². The van der Waals surface area contributed by atoms with E-state index in [1.54, 1.807) is 0 Å². The fraction of sp³-hybridized carbons (Fsp3) is 0.529. The number of amidine groups is 2. The Morgan fingerprint density at radius 1 is 0.905 bits per heavy atom. The van der Waals surface area contributed by atoms with Crippen LogP contribution in [0.2, 0.25) is 0 Å². The van der Waals surface area contributed by atoms with E-state index in [-0.39, 0.29) is 0 Å². The SMILES string of the molecule is CCN1CC[N+](C)=C1c1ccc(C2=[N+](C)CCN2C)cc1. The molecule has 4 nitrogen and oxygen atoms in total. The average Bonchev–Trinajstić information content (AvgIpc) is 3.02. The number of benzene rings is 1. The van der Waals surface area contributed by atoms with E-state index in [0.717, 1.165) is 32.7 Å². The molecule has 0 aliphatic carbocycles. The predicted octanol–water partition coefficient (Wildman–Crippen LogP) is 0.745. The molecule has 21 heavy (non-hydrogen) atoms. The van der Waals surface area contributed by atoms with E-state index < -0.39 is 0 Å². The number of nitrogens with zero attached hydrogens (tertiary/aromatic N) is 4. The summed E-state index contributed by atoms with van der Waals surface area (Å²) in [6.45, 7) is 7.77. The summed E-state index contributed by atoms with van der Waals surface area (Å²) in [6.07, 6.45) is 0. The summed E-state index contributed by atoms with van der Waals surface area (Å²) in [6, 6.07) is 9.05. The van der Waals surface area contributed by atoms with Gasteiger partial charge in [-0.2, -0.15) is 0 Å². The molecule has 0 N–H and O–H groups in total. The highest BCUT2D eigenvalue weighted by molar-refractivity contribution is 5.99. The first kappa shape index (κ1) is 14.1. The third-order valence-corrected chi connectivity index (χ3v) is 4.64. The molecule has 4 heteroatoms. The first-order valence-corrected chi connectivity index (χ1v) is 7.85. The molecule has 0 bridgehead atoms. The Morgan fingerprint density at radius 2 is 1.43 bits per heavy atom. The molecule has 3 rings (SSSR count). The average molecular weight is 286 g/mol. The Labute approximate surface area is 127 Å². The van der Waals surface area contributed by atoms with E-state index in [9.17, 15) is 0 Å². The van der Waals surface area contributed by atoms with Crippen molar-refractivity contribution < 1.29 is 9.15 Å². The third-order valence-electron chi connectivity index (χ3n) is 4.64. The van der Waals surface area contributed by atoms with Crippen molar-refractivity contribution in [2.75, 3.05) is 53.9 Å². The first-order valence-electron chi connectivity index (χ1n) is 7.85. The molecule has 0 unspecified atom stereocenters. The highest BCUT2D eigenvalue weighted by Crippen LogP contribution is 2.14. The summed E-state index contributed by atoms with van der Waals surface area (Å²) in [5, 5.41) is 0. The molecule has 0 radical (unpaired) electrons. The molecule has 0 saturated heterocycles. The molecule has 0 saturated carbocycles. The van der Waals surface area contributed by atoms with Crippen LogP contribution in [0, 0.1) is 0 Å². The molecule has 0 spiro atoms. The smallest absolute Gasteiger partial charge is 0.260 e. The molecular formula is C17H26N4+2. The van der Waals surface area contributed by atoms with E-state index in [0.29, 0.717) is 0 Å². The van der Waals surface area contributed by atoms with Gasteiger partial charge in [-0.25, -0.2) is 0 Å². The maximum atomic E-state index is 2.45. The fourth-order valence-corrected chi connectivity index (χ4v) is 3.45. The summed E-state index contributed by atoms with van der Waals surface area (Å²) in [5.74, 6) is 2.70. The van der Waals surface area contributed by atoms with Crippen molar-refractivity contribution in [1.29, 1.82) is 0 Å². The summed E-state index contributed by atoms with van der Waals surface area (Å²) in [7, 11) is 6.53. The predicted molar refractivity (Wildman–Crippen MR) is 86.6 cm³/mol. The van der Waals surface area contributed by atoms with E-state index in [1.165, 1.54) is 22.8 Å². The van der Waals surface area contributed by atoms with Gasteiger partial charge < -0.3 is 0 Å². The minimum absolute atomic E-state index is 1.07. The van der Waals surface area contributed by atoms with Gasteiger partial charge >= 0.3 is 0 Å². The lowest BCUT2D eigenvalue weighted by Gasteiger charge is -2.12. The number of hydrogen-bond donors (Lipinski definition) is 0. The number of likely N-dealkylation sites (N-methyl/N-ethyl adjacent to an activating group) is 4. The molecule has 2 aliphatic heterocycles. The monoisotopic (exact) mass is 286 g/mol. The second-order valence-corrected chi connectivity index (χ2v) is 6.07. The summed E-state index contributed by atoms with van der Waals surface area (Å²) in [5.41, 5.74) is 2.63. The second-order valence-electron chi connectivity index (χ2n) is 6.07. The zero-order chi connectivity index (χ0) is 15.0. The largest absolute Gasteiger partial charge is 0.279 e. The van der Waals surface area contributed by atoms with E-state index in [1.807, 2.05) is 0 Å². The van der Waals surface area contributed by atoms with Crippen LogP contribution in [-0.4, -0.2) is 84.5 Å². The third kappa shape index (κ3) is 2.43. The van der Waals surface area contributed by atoms with Gasteiger partial charge in [0.05, 0.1) is 38.8 Å². The Morgan fingerprint density at radius 3 is 1.95 bits per heavy atom. The highest BCUT2D eigenvalue weighted by atomic mass is 15.3. The molecule has 0 amide bonds. The van der Waals surface area contributed by atoms with Crippen molar-refractivity contribution in [3.05, 3.63) is 35.4 Å². The zero-order valence-electron chi connectivity index (χ0n) is 13.6. The standard InChI is InChI=1S/C17H26N4/c1-5-21-13-12-20(4)17(21)15-8-6-14(7-9-15)16-18(2)10-11-19(16)3/h6-9H,5,10-13H2,1-4H3/q+2. The molecule has 2 heterocycles. The van der Waals surface area contributed by atoms with Gasteiger partial charge in [0.2, 0.25) is 0 Å². The minimum atomic E-state index is 1.07. The van der Waals surface area contributed by atoms with Crippen LogP contribution < -0.4 is 0 Å². The minimum Gasteiger partial charge on any atom is -0.260 e. The van der Waals surface area contributed by atoms with E-state index in [4.69, 9.17) is 0 Å². The van der Waals surface area contributed by atoms with Gasteiger partial charge in [-0.3, -0.25) is 19.0 Å². The lowest BCUT2D eigenvalue weighted by molar-refractivity contribution is -0.486. The van der Waals surface area contributed by atoms with Gasteiger partial charge in [-0.05, 0) is 31.2 Å². The van der Waals surface area contributed by atoms with Crippen molar-refractivity contribution >= 4 is 11.7 Å². The Balaban J connectivity index is 1.92. The van der Waals surface area contributed by atoms with Crippen LogP contribution in [0.5, 0.6) is 0 Å². The molecule has 0 aromatic heterocycles. The Bertz CT molecular complexity index is 598. The maximum absolute atomic E-state index is 2.45. The lowest BCUT2D eigenvalue weighted by atomic mass is 10.1. The van der Waals surface area contributed by atoms with E-state index in [2.05, 4.69) is 71.3 Å². The van der Waals surface area contributed by atoms with Gasteiger partial charge in [-0.15, -0.1) is 0 Å². The van der Waals surface area contributed by atoms with Crippen molar-refractivity contribution in [2.45, 2.75) is 6.92 Å².